The maximum atomic E-state index is 12.5. The van der Waals surface area contributed by atoms with Crippen LogP contribution in [0.25, 0.3) is 0 Å². The first-order valence-electron chi connectivity index (χ1n) is 7.10. The second kappa shape index (κ2) is 7.36. The number of anilines is 1. The molecule has 1 heterocycles. The van der Waals surface area contributed by atoms with E-state index in [2.05, 4.69) is 21.9 Å². The zero-order valence-corrected chi connectivity index (χ0v) is 12.9. The molecule has 0 radical (unpaired) electrons. The normalized spacial score (nSPS) is 10.1. The maximum absolute atomic E-state index is 12.5. The summed E-state index contributed by atoms with van der Waals surface area (Å²) in [6.45, 7) is 6.57. The van der Waals surface area contributed by atoms with E-state index >= 15 is 0 Å². The third-order valence-electron chi connectivity index (χ3n) is 3.09. The third kappa shape index (κ3) is 4.15. The average molecular weight is 296 g/mol. The van der Waals surface area contributed by atoms with E-state index in [1.165, 1.54) is 0 Å². The molecular formula is C17H20N4O. The first-order valence-corrected chi connectivity index (χ1v) is 7.10. The highest BCUT2D eigenvalue weighted by molar-refractivity contribution is 5.92. The number of nitrogens with one attached hydrogen (secondary N) is 1. The number of nitrogens with zero attached hydrogens (tertiary/aromatic N) is 3. The van der Waals surface area contributed by atoms with E-state index in [1.807, 2.05) is 37.3 Å². The smallest absolute Gasteiger partial charge is 0.272 e. The van der Waals surface area contributed by atoms with Gasteiger partial charge in [-0.05, 0) is 18.6 Å². The summed E-state index contributed by atoms with van der Waals surface area (Å²) < 4.78 is 0. The van der Waals surface area contributed by atoms with Gasteiger partial charge in [-0.1, -0.05) is 36.4 Å². The van der Waals surface area contributed by atoms with Gasteiger partial charge in [-0.3, -0.25) is 4.79 Å². The average Bonchev–Trinajstić information content (AvgIpc) is 2.52. The Kier molecular flexibility index (Phi) is 5.25. The van der Waals surface area contributed by atoms with Gasteiger partial charge in [0.1, 0.15) is 5.69 Å². The summed E-state index contributed by atoms with van der Waals surface area (Å²) in [5.74, 6) is 0.312. The molecule has 0 saturated heterocycles. The molecular weight excluding hydrogens is 276 g/mol. The van der Waals surface area contributed by atoms with Gasteiger partial charge in [0.2, 0.25) is 5.95 Å². The molecule has 0 fully saturated rings. The Bertz CT molecular complexity index is 655. The van der Waals surface area contributed by atoms with E-state index < -0.39 is 0 Å². The van der Waals surface area contributed by atoms with Gasteiger partial charge in [0.15, 0.2) is 0 Å². The first kappa shape index (κ1) is 15.7. The summed E-state index contributed by atoms with van der Waals surface area (Å²) in [4.78, 5) is 22.7. The van der Waals surface area contributed by atoms with Crippen LogP contribution in [0.3, 0.4) is 0 Å². The summed E-state index contributed by atoms with van der Waals surface area (Å²) in [6, 6.07) is 11.6. The van der Waals surface area contributed by atoms with Gasteiger partial charge in [0, 0.05) is 25.8 Å². The van der Waals surface area contributed by atoms with Crippen LogP contribution in [0.15, 0.2) is 49.1 Å². The zero-order chi connectivity index (χ0) is 15.9. The number of benzene rings is 1. The summed E-state index contributed by atoms with van der Waals surface area (Å²) >= 11 is 0. The number of carbonyl (C=O) groups is 1. The van der Waals surface area contributed by atoms with Gasteiger partial charge in [0.05, 0.1) is 0 Å². The molecule has 0 aliphatic carbocycles. The summed E-state index contributed by atoms with van der Waals surface area (Å²) in [6.07, 6.45) is 1.72. The van der Waals surface area contributed by atoms with Crippen LogP contribution in [0, 0.1) is 6.92 Å². The molecule has 0 spiro atoms. The van der Waals surface area contributed by atoms with Gasteiger partial charge in [-0.15, -0.1) is 6.58 Å². The van der Waals surface area contributed by atoms with E-state index in [9.17, 15) is 4.79 Å². The predicted octanol–water partition coefficient (Wildman–Crippen LogP) is 2.66. The SMILES string of the molecule is C=CCNc1nc(C)cc(C(=O)N(C)Cc2ccccc2)n1. The molecule has 1 N–H and O–H groups in total. The van der Waals surface area contributed by atoms with Crippen molar-refractivity contribution in [1.82, 2.24) is 14.9 Å². The summed E-state index contributed by atoms with van der Waals surface area (Å²) in [5, 5.41) is 3.01. The zero-order valence-electron chi connectivity index (χ0n) is 12.9. The number of hydrogen-bond acceptors (Lipinski definition) is 4. The number of aryl methyl sites for hydroxylation is 1. The van der Waals surface area contributed by atoms with Crippen molar-refractivity contribution in [3.63, 3.8) is 0 Å². The molecule has 1 aromatic heterocycles. The lowest BCUT2D eigenvalue weighted by Crippen LogP contribution is -2.27. The van der Waals surface area contributed by atoms with Crippen molar-refractivity contribution in [2.24, 2.45) is 0 Å². The molecule has 0 unspecified atom stereocenters. The Morgan fingerprint density at radius 2 is 2.05 bits per heavy atom. The van der Waals surface area contributed by atoms with Crippen molar-refractivity contribution in [3.8, 4) is 0 Å². The number of rotatable bonds is 6. The van der Waals surface area contributed by atoms with Crippen molar-refractivity contribution < 1.29 is 4.79 Å². The minimum absolute atomic E-state index is 0.129. The molecule has 0 bridgehead atoms. The van der Waals surface area contributed by atoms with Crippen molar-refractivity contribution in [2.45, 2.75) is 13.5 Å². The van der Waals surface area contributed by atoms with Crippen LogP contribution >= 0.6 is 0 Å². The van der Waals surface area contributed by atoms with Crippen molar-refractivity contribution in [3.05, 3.63) is 66.0 Å². The molecule has 0 saturated carbocycles. The number of carbonyl (C=O) groups excluding carboxylic acids is 1. The highest BCUT2D eigenvalue weighted by atomic mass is 16.2. The minimum Gasteiger partial charge on any atom is -0.351 e. The van der Waals surface area contributed by atoms with E-state index in [1.54, 1.807) is 24.1 Å². The van der Waals surface area contributed by atoms with E-state index in [0.29, 0.717) is 24.7 Å². The van der Waals surface area contributed by atoms with Crippen molar-refractivity contribution in [1.29, 1.82) is 0 Å². The van der Waals surface area contributed by atoms with E-state index in [0.717, 1.165) is 11.3 Å². The quantitative estimate of drug-likeness (QED) is 0.833. The lowest BCUT2D eigenvalue weighted by molar-refractivity contribution is 0.0779. The third-order valence-corrected chi connectivity index (χ3v) is 3.09. The van der Waals surface area contributed by atoms with Gasteiger partial charge in [0.25, 0.3) is 5.91 Å². The second-order valence-corrected chi connectivity index (χ2v) is 5.03. The number of aromatic nitrogens is 2. The molecule has 5 heteroatoms. The highest BCUT2D eigenvalue weighted by Gasteiger charge is 2.15. The Balaban J connectivity index is 2.14. The molecule has 0 aliphatic rings. The molecule has 1 aromatic carbocycles. The standard InChI is InChI=1S/C17H20N4O/c1-4-10-18-17-19-13(2)11-15(20-17)16(22)21(3)12-14-8-6-5-7-9-14/h4-9,11H,1,10,12H2,2-3H3,(H,18,19,20). The topological polar surface area (TPSA) is 58.1 Å². The maximum Gasteiger partial charge on any atom is 0.272 e. The largest absolute Gasteiger partial charge is 0.351 e. The van der Waals surface area contributed by atoms with Crippen LogP contribution in [-0.2, 0) is 6.54 Å². The summed E-state index contributed by atoms with van der Waals surface area (Å²) in [5.41, 5.74) is 2.21. The van der Waals surface area contributed by atoms with Crippen LogP contribution < -0.4 is 5.32 Å². The first-order chi connectivity index (χ1) is 10.6. The predicted molar refractivity (Wildman–Crippen MR) is 87.7 cm³/mol. The second-order valence-electron chi connectivity index (χ2n) is 5.03. The molecule has 2 rings (SSSR count). The monoisotopic (exact) mass is 296 g/mol. The molecule has 0 atom stereocenters. The van der Waals surface area contributed by atoms with Crippen molar-refractivity contribution >= 4 is 11.9 Å². The van der Waals surface area contributed by atoms with Gasteiger partial charge >= 0.3 is 0 Å². The van der Waals surface area contributed by atoms with Crippen LogP contribution in [0.1, 0.15) is 21.7 Å². The molecule has 114 valence electrons. The fourth-order valence-electron chi connectivity index (χ4n) is 2.05. The Morgan fingerprint density at radius 1 is 1.32 bits per heavy atom. The number of amides is 1. The molecule has 2 aromatic rings. The molecule has 1 amide bonds. The fourth-order valence-corrected chi connectivity index (χ4v) is 2.05. The fraction of sp³-hybridized carbons (Fsp3) is 0.235. The van der Waals surface area contributed by atoms with E-state index in [-0.39, 0.29) is 5.91 Å². The Hall–Kier alpha value is -2.69. The molecule has 5 nitrogen and oxygen atoms in total. The molecule has 0 aliphatic heterocycles. The number of hydrogen-bond donors (Lipinski definition) is 1. The lowest BCUT2D eigenvalue weighted by atomic mass is 10.2. The van der Waals surface area contributed by atoms with E-state index in [4.69, 9.17) is 0 Å². The Labute approximate surface area is 130 Å². The van der Waals surface area contributed by atoms with Gasteiger partial charge in [-0.25, -0.2) is 9.97 Å². The Morgan fingerprint density at radius 3 is 2.73 bits per heavy atom. The van der Waals surface area contributed by atoms with Crippen LogP contribution in [-0.4, -0.2) is 34.4 Å². The van der Waals surface area contributed by atoms with Crippen molar-refractivity contribution in [2.75, 3.05) is 18.9 Å². The molecule has 22 heavy (non-hydrogen) atoms. The lowest BCUT2D eigenvalue weighted by Gasteiger charge is -2.17. The van der Waals surface area contributed by atoms with Crippen LogP contribution in [0.4, 0.5) is 5.95 Å². The van der Waals surface area contributed by atoms with Gasteiger partial charge < -0.3 is 10.2 Å². The highest BCUT2D eigenvalue weighted by Crippen LogP contribution is 2.10. The van der Waals surface area contributed by atoms with Gasteiger partial charge in [-0.2, -0.15) is 0 Å². The van der Waals surface area contributed by atoms with Crippen LogP contribution in [0.5, 0.6) is 0 Å². The summed E-state index contributed by atoms with van der Waals surface area (Å²) in [7, 11) is 1.77. The minimum atomic E-state index is -0.129. The van der Waals surface area contributed by atoms with Crippen LogP contribution in [0.2, 0.25) is 0 Å².